The van der Waals surface area contributed by atoms with Crippen LogP contribution in [-0.4, -0.2) is 44.5 Å². The molecule has 0 heterocycles. The summed E-state index contributed by atoms with van der Waals surface area (Å²) in [5.41, 5.74) is 0.922. The fraction of sp³-hybridized carbons (Fsp3) is 0.458. The van der Waals surface area contributed by atoms with Crippen molar-refractivity contribution in [2.24, 2.45) is 0 Å². The third-order valence-electron chi connectivity index (χ3n) is 4.52. The van der Waals surface area contributed by atoms with Gasteiger partial charge in [0.15, 0.2) is 0 Å². The summed E-state index contributed by atoms with van der Waals surface area (Å²) in [6, 6.07) is 7.64. The Morgan fingerprint density at radius 2 is 1.81 bits per heavy atom. The highest BCUT2D eigenvalue weighted by molar-refractivity contribution is 7.93. The largest absolute Gasteiger partial charge is 0.497 e. The first kappa shape index (κ1) is 27.5. The Kier molecular flexibility index (Phi) is 13.1. The van der Waals surface area contributed by atoms with Gasteiger partial charge in [0.25, 0.3) is 0 Å². The van der Waals surface area contributed by atoms with Gasteiger partial charge in [-0.1, -0.05) is 51.2 Å². The molecule has 0 atom stereocenters. The van der Waals surface area contributed by atoms with Gasteiger partial charge in [-0.05, 0) is 42.3 Å². The second-order valence-electron chi connectivity index (χ2n) is 7.43. The predicted molar refractivity (Wildman–Crippen MR) is 127 cm³/mol. The van der Waals surface area contributed by atoms with E-state index in [0.717, 1.165) is 34.2 Å². The van der Waals surface area contributed by atoms with Gasteiger partial charge in [0.1, 0.15) is 12.4 Å². The molecule has 0 unspecified atom stereocenters. The minimum absolute atomic E-state index is 0.158. The molecule has 7 nitrogen and oxygen atoms in total. The molecule has 0 aliphatic heterocycles. The first-order chi connectivity index (χ1) is 15.3. The number of ether oxygens (including phenoxy) is 2. The summed E-state index contributed by atoms with van der Waals surface area (Å²) in [7, 11) is -1.03. The minimum atomic E-state index is -3.78. The van der Waals surface area contributed by atoms with Crippen LogP contribution in [-0.2, 0) is 26.2 Å². The van der Waals surface area contributed by atoms with E-state index in [4.69, 9.17) is 14.6 Å². The molecule has 1 rings (SSSR count). The Hall–Kier alpha value is -2.58. The van der Waals surface area contributed by atoms with E-state index >= 15 is 0 Å². The average Bonchev–Trinajstić information content (AvgIpc) is 2.74. The molecule has 0 bridgehead atoms. The number of aliphatic carboxylic acids is 1. The molecule has 0 spiro atoms. The molecular formula is C24H35NO6S. The SMILES string of the molecule is CCCCCCCCOc1cccc(CO/C=C/C=C(\C=C\C(=O)O)S(=O)(=O)N(C)C)c1. The van der Waals surface area contributed by atoms with Gasteiger partial charge in [-0.2, -0.15) is 0 Å². The summed E-state index contributed by atoms with van der Waals surface area (Å²) in [5.74, 6) is -0.439. The molecule has 0 saturated heterocycles. The average molecular weight is 466 g/mol. The van der Waals surface area contributed by atoms with Crippen molar-refractivity contribution in [1.82, 2.24) is 4.31 Å². The van der Waals surface area contributed by atoms with Gasteiger partial charge in [-0.15, -0.1) is 0 Å². The van der Waals surface area contributed by atoms with Crippen LogP contribution in [0.1, 0.15) is 51.0 Å². The summed E-state index contributed by atoms with van der Waals surface area (Å²) in [6.45, 7) is 3.19. The summed E-state index contributed by atoms with van der Waals surface area (Å²) >= 11 is 0. The molecule has 32 heavy (non-hydrogen) atoms. The molecule has 0 aromatic heterocycles. The number of allylic oxidation sites excluding steroid dienone is 3. The van der Waals surface area contributed by atoms with Crippen LogP contribution in [0.25, 0.3) is 0 Å². The number of hydrogen-bond acceptors (Lipinski definition) is 5. The van der Waals surface area contributed by atoms with Crippen molar-refractivity contribution in [3.05, 3.63) is 65.3 Å². The van der Waals surface area contributed by atoms with Gasteiger partial charge in [-0.3, -0.25) is 0 Å². The van der Waals surface area contributed by atoms with Crippen LogP contribution in [0.5, 0.6) is 5.75 Å². The number of nitrogens with zero attached hydrogens (tertiary/aromatic N) is 1. The fourth-order valence-electron chi connectivity index (χ4n) is 2.72. The third kappa shape index (κ3) is 11.2. The number of hydrogen-bond donors (Lipinski definition) is 1. The Labute approximate surface area is 192 Å². The predicted octanol–water partition coefficient (Wildman–Crippen LogP) is 4.87. The van der Waals surface area contributed by atoms with Crippen molar-refractivity contribution >= 4 is 16.0 Å². The molecule has 0 aliphatic carbocycles. The molecule has 1 aromatic carbocycles. The van der Waals surface area contributed by atoms with Gasteiger partial charge >= 0.3 is 5.97 Å². The lowest BCUT2D eigenvalue weighted by atomic mass is 10.1. The lowest BCUT2D eigenvalue weighted by Gasteiger charge is -2.11. The molecule has 0 aliphatic rings. The zero-order valence-electron chi connectivity index (χ0n) is 19.2. The minimum Gasteiger partial charge on any atom is -0.497 e. The monoisotopic (exact) mass is 465 g/mol. The zero-order chi connectivity index (χ0) is 23.8. The van der Waals surface area contributed by atoms with Crippen molar-refractivity contribution in [1.29, 1.82) is 0 Å². The number of rotatable bonds is 16. The number of sulfonamides is 1. The van der Waals surface area contributed by atoms with Crippen molar-refractivity contribution < 1.29 is 27.8 Å². The van der Waals surface area contributed by atoms with Crippen LogP contribution in [0.4, 0.5) is 0 Å². The highest BCUT2D eigenvalue weighted by atomic mass is 32.2. The Bertz CT molecular complexity index is 888. The standard InChI is InChI=1S/C24H35NO6S/c1-4-5-6-7-8-9-18-31-22-13-10-12-21(19-22)20-30-17-11-14-23(15-16-24(26)27)32(28,29)25(2)3/h10-17,19H,4-9,18,20H2,1-3H3,(H,26,27)/b16-15+,17-11+,23-14+. The number of carboxylic acids is 1. The maximum absolute atomic E-state index is 12.3. The van der Waals surface area contributed by atoms with Gasteiger partial charge in [0.05, 0.1) is 17.8 Å². The first-order valence-electron chi connectivity index (χ1n) is 10.8. The number of benzene rings is 1. The molecule has 8 heteroatoms. The van der Waals surface area contributed by atoms with Crippen molar-refractivity contribution in [2.75, 3.05) is 20.7 Å². The van der Waals surface area contributed by atoms with E-state index in [-0.39, 0.29) is 4.91 Å². The number of carboxylic acid groups (broad SMARTS) is 1. The van der Waals surface area contributed by atoms with Crippen LogP contribution < -0.4 is 4.74 Å². The first-order valence-corrected chi connectivity index (χ1v) is 12.2. The zero-order valence-corrected chi connectivity index (χ0v) is 20.0. The number of unbranched alkanes of at least 4 members (excludes halogenated alkanes) is 5. The van der Waals surface area contributed by atoms with E-state index in [9.17, 15) is 13.2 Å². The highest BCUT2D eigenvalue weighted by Gasteiger charge is 2.17. The topological polar surface area (TPSA) is 93.1 Å². The maximum Gasteiger partial charge on any atom is 0.328 e. The smallest absolute Gasteiger partial charge is 0.328 e. The van der Waals surface area contributed by atoms with Crippen LogP contribution >= 0.6 is 0 Å². The second kappa shape index (κ2) is 15.3. The van der Waals surface area contributed by atoms with E-state index in [1.54, 1.807) is 0 Å². The van der Waals surface area contributed by atoms with Gasteiger partial charge in [-0.25, -0.2) is 17.5 Å². The summed E-state index contributed by atoms with van der Waals surface area (Å²) in [5, 5.41) is 8.76. The Balaban J connectivity index is 2.57. The lowest BCUT2D eigenvalue weighted by Crippen LogP contribution is -2.23. The van der Waals surface area contributed by atoms with Gasteiger partial charge in [0, 0.05) is 20.2 Å². The van der Waals surface area contributed by atoms with Crippen LogP contribution in [0.2, 0.25) is 0 Å². The molecule has 0 fully saturated rings. The van der Waals surface area contributed by atoms with Gasteiger partial charge in [0.2, 0.25) is 10.0 Å². The van der Waals surface area contributed by atoms with E-state index in [2.05, 4.69) is 6.92 Å². The van der Waals surface area contributed by atoms with Crippen molar-refractivity contribution in [3.8, 4) is 5.75 Å². The Morgan fingerprint density at radius 1 is 1.09 bits per heavy atom. The number of carbonyl (C=O) groups is 1. The fourth-order valence-corrected chi connectivity index (χ4v) is 3.64. The molecule has 0 saturated carbocycles. The summed E-state index contributed by atoms with van der Waals surface area (Å²) in [4.78, 5) is 10.6. The van der Waals surface area contributed by atoms with Crippen LogP contribution in [0, 0.1) is 0 Å². The third-order valence-corrected chi connectivity index (χ3v) is 6.35. The second-order valence-corrected chi connectivity index (χ2v) is 9.58. The van der Waals surface area contributed by atoms with Gasteiger partial charge < -0.3 is 14.6 Å². The van der Waals surface area contributed by atoms with Crippen molar-refractivity contribution in [3.63, 3.8) is 0 Å². The highest BCUT2D eigenvalue weighted by Crippen LogP contribution is 2.16. The molecular weight excluding hydrogens is 430 g/mol. The van der Waals surface area contributed by atoms with Crippen LogP contribution in [0.3, 0.4) is 0 Å². The maximum atomic E-state index is 12.3. The molecule has 1 N–H and O–H groups in total. The van der Waals surface area contributed by atoms with E-state index in [1.165, 1.54) is 64.6 Å². The van der Waals surface area contributed by atoms with E-state index < -0.39 is 16.0 Å². The quantitative estimate of drug-likeness (QED) is 0.162. The molecule has 1 aromatic rings. The lowest BCUT2D eigenvalue weighted by molar-refractivity contribution is -0.131. The molecule has 178 valence electrons. The van der Waals surface area contributed by atoms with Crippen molar-refractivity contribution in [2.45, 2.75) is 52.1 Å². The van der Waals surface area contributed by atoms with E-state index in [1.807, 2.05) is 24.3 Å². The normalized spacial score (nSPS) is 12.7. The Morgan fingerprint density at radius 3 is 2.50 bits per heavy atom. The molecule has 0 amide bonds. The summed E-state index contributed by atoms with van der Waals surface area (Å²) in [6.07, 6.45) is 13.2. The summed E-state index contributed by atoms with van der Waals surface area (Å²) < 4.78 is 36.8. The van der Waals surface area contributed by atoms with E-state index in [0.29, 0.717) is 13.2 Å². The molecule has 0 radical (unpaired) electrons. The van der Waals surface area contributed by atoms with Crippen LogP contribution in [0.15, 0.2) is 59.7 Å².